The Bertz CT molecular complexity index is 769. The third-order valence-electron chi connectivity index (χ3n) is 4.27. The van der Waals surface area contributed by atoms with Crippen LogP contribution in [-0.2, 0) is 22.5 Å². The molecular formula is C18H23N5O3. The molecule has 2 aromatic heterocycles. The van der Waals surface area contributed by atoms with E-state index in [0.717, 1.165) is 11.3 Å². The fourth-order valence-corrected chi connectivity index (χ4v) is 2.92. The van der Waals surface area contributed by atoms with Crippen LogP contribution in [0.1, 0.15) is 18.2 Å². The summed E-state index contributed by atoms with van der Waals surface area (Å²) in [4.78, 5) is 27.1. The molecule has 1 aliphatic rings. The van der Waals surface area contributed by atoms with E-state index in [1.165, 1.54) is 0 Å². The minimum absolute atomic E-state index is 0.0266. The number of fused-ring (bicyclic) bond motifs is 1. The van der Waals surface area contributed by atoms with Crippen molar-refractivity contribution in [3.8, 4) is 11.5 Å². The number of aromatic nitrogens is 3. The molecule has 1 amide bonds. The van der Waals surface area contributed by atoms with E-state index >= 15 is 0 Å². The minimum atomic E-state index is -0.638. The normalized spacial score (nSPS) is 14.7. The lowest BCUT2D eigenvalue weighted by atomic mass is 10.0. The molecule has 0 bridgehead atoms. The molecule has 0 saturated carbocycles. The van der Waals surface area contributed by atoms with Gasteiger partial charge in [-0.05, 0) is 18.6 Å². The first-order valence-corrected chi connectivity index (χ1v) is 8.56. The fourth-order valence-electron chi connectivity index (χ4n) is 2.92. The van der Waals surface area contributed by atoms with Gasteiger partial charge in [0.2, 0.25) is 5.91 Å². The second kappa shape index (κ2) is 8.20. The van der Waals surface area contributed by atoms with E-state index in [2.05, 4.69) is 20.3 Å². The number of pyridine rings is 1. The lowest BCUT2D eigenvalue weighted by Gasteiger charge is -2.28. The number of aliphatic hydroxyl groups excluding tert-OH is 1. The molecule has 0 unspecified atom stereocenters. The number of nitrogens with zero attached hydrogens (tertiary/aromatic N) is 4. The first-order valence-electron chi connectivity index (χ1n) is 8.56. The Hall–Kier alpha value is -2.58. The molecule has 8 nitrogen and oxygen atoms in total. The summed E-state index contributed by atoms with van der Waals surface area (Å²) >= 11 is 0. The zero-order valence-electron chi connectivity index (χ0n) is 15.0. The highest BCUT2D eigenvalue weighted by molar-refractivity contribution is 5.74. The highest BCUT2D eigenvalue weighted by Gasteiger charge is 2.24. The Balaban J connectivity index is 1.94. The molecular weight excluding hydrogens is 334 g/mol. The second-order valence-electron chi connectivity index (χ2n) is 6.22. The van der Waals surface area contributed by atoms with Crippen molar-refractivity contribution in [2.45, 2.75) is 26.0 Å². The number of aliphatic hydroxyl groups is 1. The van der Waals surface area contributed by atoms with Gasteiger partial charge in [0.05, 0.1) is 24.9 Å². The topological polar surface area (TPSA) is 100 Å². The molecule has 2 N–H and O–H groups in total. The van der Waals surface area contributed by atoms with E-state index in [0.29, 0.717) is 43.4 Å². The zero-order chi connectivity index (χ0) is 18.5. The van der Waals surface area contributed by atoms with Crippen molar-refractivity contribution in [1.82, 2.24) is 19.9 Å². The summed E-state index contributed by atoms with van der Waals surface area (Å²) in [5.41, 5.74) is 2.45. The maximum atomic E-state index is 11.7. The lowest BCUT2D eigenvalue weighted by Crippen LogP contribution is -2.36. The van der Waals surface area contributed by atoms with Gasteiger partial charge in [0.15, 0.2) is 5.82 Å². The van der Waals surface area contributed by atoms with Crippen LogP contribution in [0.2, 0.25) is 0 Å². The van der Waals surface area contributed by atoms with Crippen molar-refractivity contribution < 1.29 is 14.6 Å². The molecule has 0 fully saturated rings. The van der Waals surface area contributed by atoms with Gasteiger partial charge >= 0.3 is 0 Å². The predicted molar refractivity (Wildman–Crippen MR) is 96.4 cm³/mol. The van der Waals surface area contributed by atoms with Crippen molar-refractivity contribution in [2.75, 3.05) is 32.1 Å². The van der Waals surface area contributed by atoms with Gasteiger partial charge in [0, 0.05) is 38.9 Å². The van der Waals surface area contributed by atoms with E-state index in [4.69, 9.17) is 4.74 Å². The van der Waals surface area contributed by atoms with E-state index in [1.54, 1.807) is 25.1 Å². The van der Waals surface area contributed by atoms with Crippen molar-refractivity contribution >= 4 is 11.7 Å². The van der Waals surface area contributed by atoms with E-state index in [1.807, 2.05) is 18.2 Å². The Labute approximate surface area is 152 Å². The van der Waals surface area contributed by atoms with Crippen LogP contribution in [-0.4, -0.2) is 63.8 Å². The molecule has 0 radical (unpaired) electrons. The highest BCUT2D eigenvalue weighted by Crippen LogP contribution is 2.26. The lowest BCUT2D eigenvalue weighted by molar-refractivity contribution is -0.129. The monoisotopic (exact) mass is 357 g/mol. The van der Waals surface area contributed by atoms with Crippen molar-refractivity contribution in [3.05, 3.63) is 35.7 Å². The molecule has 0 aromatic carbocycles. The van der Waals surface area contributed by atoms with E-state index < -0.39 is 6.10 Å². The van der Waals surface area contributed by atoms with Gasteiger partial charge in [-0.1, -0.05) is 6.07 Å². The third-order valence-corrected chi connectivity index (χ3v) is 4.27. The molecule has 0 aliphatic carbocycles. The van der Waals surface area contributed by atoms with Crippen LogP contribution in [0.15, 0.2) is 24.4 Å². The average Bonchev–Trinajstić information content (AvgIpc) is 2.66. The fraction of sp³-hybridized carbons (Fsp3) is 0.444. The molecule has 1 atom stereocenters. The number of amides is 1. The largest absolute Gasteiger partial charge is 0.389 e. The Kier molecular flexibility index (Phi) is 5.75. The Morgan fingerprint density at radius 1 is 1.42 bits per heavy atom. The number of anilines is 1. The number of ether oxygens (including phenoxy) is 1. The summed E-state index contributed by atoms with van der Waals surface area (Å²) in [5, 5.41) is 13.1. The third kappa shape index (κ3) is 4.14. The molecule has 26 heavy (non-hydrogen) atoms. The summed E-state index contributed by atoms with van der Waals surface area (Å²) in [5.74, 6) is 1.20. The molecule has 8 heteroatoms. The van der Waals surface area contributed by atoms with Crippen LogP contribution in [0.3, 0.4) is 0 Å². The Morgan fingerprint density at radius 2 is 2.27 bits per heavy atom. The summed E-state index contributed by atoms with van der Waals surface area (Å²) in [6.45, 7) is 3.19. The van der Waals surface area contributed by atoms with Gasteiger partial charge in [-0.15, -0.1) is 0 Å². The van der Waals surface area contributed by atoms with Gasteiger partial charge in [-0.3, -0.25) is 9.78 Å². The van der Waals surface area contributed by atoms with Gasteiger partial charge < -0.3 is 20.1 Å². The number of rotatable bonds is 6. The molecule has 1 aliphatic heterocycles. The van der Waals surface area contributed by atoms with Crippen LogP contribution in [0.25, 0.3) is 11.5 Å². The first kappa shape index (κ1) is 18.2. The SMILES string of the molecule is COC[C@@H](O)CNc1nc(-c2ccccn2)nc2c1CCN(C(C)=O)C2. The maximum Gasteiger partial charge on any atom is 0.219 e. The summed E-state index contributed by atoms with van der Waals surface area (Å²) in [6, 6.07) is 5.55. The van der Waals surface area contributed by atoms with Crippen LogP contribution >= 0.6 is 0 Å². The summed E-state index contributed by atoms with van der Waals surface area (Å²) in [6.07, 6.45) is 1.72. The molecule has 0 saturated heterocycles. The van der Waals surface area contributed by atoms with Crippen molar-refractivity contribution in [2.24, 2.45) is 0 Å². The number of carbonyl (C=O) groups excluding carboxylic acids is 1. The van der Waals surface area contributed by atoms with E-state index in [9.17, 15) is 9.90 Å². The second-order valence-corrected chi connectivity index (χ2v) is 6.22. The molecule has 2 aromatic rings. The highest BCUT2D eigenvalue weighted by atomic mass is 16.5. The maximum absolute atomic E-state index is 11.7. The zero-order valence-corrected chi connectivity index (χ0v) is 15.0. The minimum Gasteiger partial charge on any atom is -0.389 e. The number of hydrogen-bond acceptors (Lipinski definition) is 7. The number of nitrogens with one attached hydrogen (secondary N) is 1. The van der Waals surface area contributed by atoms with Crippen molar-refractivity contribution in [3.63, 3.8) is 0 Å². The van der Waals surface area contributed by atoms with Crippen LogP contribution in [0, 0.1) is 0 Å². The van der Waals surface area contributed by atoms with Gasteiger partial charge in [-0.25, -0.2) is 9.97 Å². The number of methoxy groups -OCH3 is 1. The molecule has 3 rings (SSSR count). The van der Waals surface area contributed by atoms with Crippen molar-refractivity contribution in [1.29, 1.82) is 0 Å². The Morgan fingerprint density at radius 3 is 2.96 bits per heavy atom. The summed E-state index contributed by atoms with van der Waals surface area (Å²) in [7, 11) is 1.55. The van der Waals surface area contributed by atoms with Gasteiger partial charge in [-0.2, -0.15) is 0 Å². The quantitative estimate of drug-likeness (QED) is 0.791. The predicted octanol–water partition coefficient (Wildman–Crippen LogP) is 0.862. The van der Waals surface area contributed by atoms with Crippen LogP contribution in [0.5, 0.6) is 0 Å². The van der Waals surface area contributed by atoms with Crippen LogP contribution < -0.4 is 5.32 Å². The first-order chi connectivity index (χ1) is 12.6. The standard InChI is InChI=1S/C18H23N5O3/c1-12(24)23-8-6-14-16(10-23)21-18(15-5-3-4-7-19-15)22-17(14)20-9-13(25)11-26-2/h3-5,7,13,25H,6,8-11H2,1-2H3,(H,20,21,22)/t13-/m0/s1. The molecule has 0 spiro atoms. The smallest absolute Gasteiger partial charge is 0.219 e. The molecule has 138 valence electrons. The number of carbonyl (C=O) groups is 1. The van der Waals surface area contributed by atoms with Gasteiger partial charge in [0.25, 0.3) is 0 Å². The number of hydrogen-bond donors (Lipinski definition) is 2. The summed E-state index contributed by atoms with van der Waals surface area (Å²) < 4.78 is 4.96. The molecule has 3 heterocycles. The van der Waals surface area contributed by atoms with Crippen LogP contribution in [0.4, 0.5) is 5.82 Å². The average molecular weight is 357 g/mol. The van der Waals surface area contributed by atoms with Gasteiger partial charge in [0.1, 0.15) is 11.5 Å². The van der Waals surface area contributed by atoms with E-state index in [-0.39, 0.29) is 12.5 Å².